The Bertz CT molecular complexity index is 367. The molecule has 1 unspecified atom stereocenters. The van der Waals surface area contributed by atoms with Gasteiger partial charge in [-0.15, -0.1) is 0 Å². The van der Waals surface area contributed by atoms with Crippen molar-refractivity contribution < 1.29 is 5.11 Å². The van der Waals surface area contributed by atoms with Crippen molar-refractivity contribution in [1.82, 2.24) is 9.80 Å². The van der Waals surface area contributed by atoms with E-state index >= 15 is 0 Å². The van der Waals surface area contributed by atoms with Crippen molar-refractivity contribution >= 4 is 15.9 Å². The van der Waals surface area contributed by atoms with Crippen LogP contribution in [0.2, 0.25) is 0 Å². The van der Waals surface area contributed by atoms with Gasteiger partial charge in [-0.3, -0.25) is 0 Å². The number of aliphatic hydroxyl groups excluding tert-OH is 1. The van der Waals surface area contributed by atoms with Crippen LogP contribution in [0.15, 0.2) is 28.7 Å². The third-order valence-electron chi connectivity index (χ3n) is 3.50. The van der Waals surface area contributed by atoms with Gasteiger partial charge in [-0.2, -0.15) is 0 Å². The van der Waals surface area contributed by atoms with E-state index in [1.807, 2.05) is 24.3 Å². The molecule has 3 nitrogen and oxygen atoms in total. The number of halogens is 1. The normalized spacial score (nSPS) is 13.2. The Kier molecular flexibility index (Phi) is 8.38. The lowest BCUT2D eigenvalue weighted by Crippen LogP contribution is -2.29. The Morgan fingerprint density at radius 2 is 1.75 bits per heavy atom. The van der Waals surface area contributed by atoms with Crippen LogP contribution in [-0.4, -0.2) is 55.2 Å². The van der Waals surface area contributed by atoms with Crippen molar-refractivity contribution in [3.8, 4) is 0 Å². The minimum Gasteiger partial charge on any atom is -0.388 e. The van der Waals surface area contributed by atoms with Crippen molar-refractivity contribution in [3.63, 3.8) is 0 Å². The molecular weight excluding hydrogens is 316 g/mol. The second kappa shape index (κ2) is 9.50. The van der Waals surface area contributed by atoms with E-state index in [-0.39, 0.29) is 6.10 Å². The summed E-state index contributed by atoms with van der Waals surface area (Å²) in [5, 5.41) is 10.2. The summed E-state index contributed by atoms with van der Waals surface area (Å²) in [6, 6.07) is 7.93. The average Bonchev–Trinajstić information content (AvgIpc) is 2.42. The molecule has 0 saturated carbocycles. The zero-order chi connectivity index (χ0) is 15.0. The van der Waals surface area contributed by atoms with Crippen molar-refractivity contribution in [2.24, 2.45) is 0 Å². The van der Waals surface area contributed by atoms with Gasteiger partial charge in [0.2, 0.25) is 0 Å². The Balaban J connectivity index is 2.33. The Morgan fingerprint density at radius 3 is 2.30 bits per heavy atom. The molecule has 0 radical (unpaired) electrons. The van der Waals surface area contributed by atoms with Crippen molar-refractivity contribution in [2.75, 3.05) is 40.3 Å². The minimum atomic E-state index is -0.369. The van der Waals surface area contributed by atoms with Gasteiger partial charge in [-0.1, -0.05) is 35.0 Å². The molecule has 0 aliphatic carbocycles. The fraction of sp³-hybridized carbons (Fsp3) is 0.625. The van der Waals surface area contributed by atoms with Crippen molar-refractivity contribution in [1.29, 1.82) is 0 Å². The van der Waals surface area contributed by atoms with Gasteiger partial charge in [-0.25, -0.2) is 0 Å². The summed E-state index contributed by atoms with van der Waals surface area (Å²) in [7, 11) is 4.21. The first-order valence-corrected chi connectivity index (χ1v) is 8.12. The van der Waals surface area contributed by atoms with Gasteiger partial charge >= 0.3 is 0 Å². The Hall–Kier alpha value is -0.420. The van der Waals surface area contributed by atoms with Crippen LogP contribution in [-0.2, 0) is 0 Å². The molecule has 0 aliphatic rings. The predicted molar refractivity (Wildman–Crippen MR) is 89.0 cm³/mol. The third-order valence-corrected chi connectivity index (χ3v) is 4.03. The minimum absolute atomic E-state index is 0.369. The number of hydrogen-bond acceptors (Lipinski definition) is 3. The van der Waals surface area contributed by atoms with E-state index in [2.05, 4.69) is 46.7 Å². The predicted octanol–water partition coefficient (Wildman–Crippen LogP) is 3.15. The highest BCUT2D eigenvalue weighted by Crippen LogP contribution is 2.19. The second-order valence-corrected chi connectivity index (χ2v) is 6.36. The highest BCUT2D eigenvalue weighted by molar-refractivity contribution is 9.10. The zero-order valence-electron chi connectivity index (χ0n) is 12.8. The van der Waals surface area contributed by atoms with Crippen LogP contribution in [0.25, 0.3) is 0 Å². The number of aliphatic hydroxyl groups is 1. The van der Waals surface area contributed by atoms with Crippen LogP contribution < -0.4 is 0 Å². The monoisotopic (exact) mass is 342 g/mol. The van der Waals surface area contributed by atoms with E-state index in [0.717, 1.165) is 42.6 Å². The molecule has 0 amide bonds. The van der Waals surface area contributed by atoms with Crippen LogP contribution in [0, 0.1) is 0 Å². The highest BCUT2D eigenvalue weighted by atomic mass is 79.9. The molecule has 0 fully saturated rings. The van der Waals surface area contributed by atoms with E-state index in [4.69, 9.17) is 0 Å². The Labute approximate surface area is 131 Å². The van der Waals surface area contributed by atoms with Gasteiger partial charge < -0.3 is 14.9 Å². The molecule has 1 aromatic rings. The average molecular weight is 343 g/mol. The fourth-order valence-electron chi connectivity index (χ4n) is 2.20. The molecular formula is C16H27BrN2O. The summed E-state index contributed by atoms with van der Waals surface area (Å²) in [5.74, 6) is 0. The summed E-state index contributed by atoms with van der Waals surface area (Å²) < 4.78 is 1.05. The molecule has 1 rings (SSSR count). The number of nitrogens with zero attached hydrogens (tertiary/aromatic N) is 2. The summed E-state index contributed by atoms with van der Waals surface area (Å²) >= 11 is 3.41. The van der Waals surface area contributed by atoms with E-state index in [0.29, 0.717) is 0 Å². The molecule has 114 valence electrons. The molecule has 0 bridgehead atoms. The SMILES string of the molecule is CCN(CCCN(C)C)CCC(O)c1ccc(Br)cc1. The summed E-state index contributed by atoms with van der Waals surface area (Å²) in [6.45, 7) is 6.39. The fourth-order valence-corrected chi connectivity index (χ4v) is 2.46. The zero-order valence-corrected chi connectivity index (χ0v) is 14.4. The summed E-state index contributed by atoms with van der Waals surface area (Å²) in [4.78, 5) is 4.62. The first-order chi connectivity index (χ1) is 9.52. The first kappa shape index (κ1) is 17.6. The quantitative estimate of drug-likeness (QED) is 0.746. The number of hydrogen-bond donors (Lipinski definition) is 1. The topological polar surface area (TPSA) is 26.7 Å². The molecule has 1 atom stereocenters. The van der Waals surface area contributed by atoms with Gasteiger partial charge in [0.25, 0.3) is 0 Å². The van der Waals surface area contributed by atoms with E-state index in [1.54, 1.807) is 0 Å². The van der Waals surface area contributed by atoms with Gasteiger partial charge in [0.05, 0.1) is 6.10 Å². The van der Waals surface area contributed by atoms with Gasteiger partial charge in [-0.05, 0) is 64.3 Å². The lowest BCUT2D eigenvalue weighted by atomic mass is 10.1. The van der Waals surface area contributed by atoms with Crippen molar-refractivity contribution in [2.45, 2.75) is 25.9 Å². The number of rotatable bonds is 9. The maximum absolute atomic E-state index is 10.2. The standard InChI is InChI=1S/C16H27BrN2O/c1-4-19(12-5-11-18(2)3)13-10-16(20)14-6-8-15(17)9-7-14/h6-9,16,20H,4-5,10-13H2,1-3H3. The second-order valence-electron chi connectivity index (χ2n) is 5.45. The van der Waals surface area contributed by atoms with Crippen LogP contribution in [0.5, 0.6) is 0 Å². The lowest BCUT2D eigenvalue weighted by molar-refractivity contribution is 0.142. The van der Waals surface area contributed by atoms with Crippen LogP contribution >= 0.6 is 15.9 Å². The molecule has 1 aromatic carbocycles. The Morgan fingerprint density at radius 1 is 1.10 bits per heavy atom. The van der Waals surface area contributed by atoms with Gasteiger partial charge in [0.15, 0.2) is 0 Å². The highest BCUT2D eigenvalue weighted by Gasteiger charge is 2.10. The van der Waals surface area contributed by atoms with Gasteiger partial charge in [0, 0.05) is 11.0 Å². The lowest BCUT2D eigenvalue weighted by Gasteiger charge is -2.23. The molecule has 4 heteroatoms. The smallest absolute Gasteiger partial charge is 0.0802 e. The van der Waals surface area contributed by atoms with Crippen LogP contribution in [0.3, 0.4) is 0 Å². The molecule has 0 spiro atoms. The molecule has 1 N–H and O–H groups in total. The third kappa shape index (κ3) is 6.84. The van der Waals surface area contributed by atoms with E-state index < -0.39 is 0 Å². The first-order valence-electron chi connectivity index (χ1n) is 7.33. The van der Waals surface area contributed by atoms with Crippen molar-refractivity contribution in [3.05, 3.63) is 34.3 Å². The molecule has 0 saturated heterocycles. The molecule has 0 aliphatic heterocycles. The maximum Gasteiger partial charge on any atom is 0.0802 e. The van der Waals surface area contributed by atoms with E-state index in [9.17, 15) is 5.11 Å². The van der Waals surface area contributed by atoms with Crippen LogP contribution in [0.4, 0.5) is 0 Å². The van der Waals surface area contributed by atoms with Crippen LogP contribution in [0.1, 0.15) is 31.4 Å². The molecule has 0 heterocycles. The largest absolute Gasteiger partial charge is 0.388 e. The summed E-state index contributed by atoms with van der Waals surface area (Å²) in [5.41, 5.74) is 0.998. The summed E-state index contributed by atoms with van der Waals surface area (Å²) in [6.07, 6.45) is 1.60. The maximum atomic E-state index is 10.2. The van der Waals surface area contributed by atoms with Gasteiger partial charge in [0.1, 0.15) is 0 Å². The molecule has 20 heavy (non-hydrogen) atoms. The number of benzene rings is 1. The molecule has 0 aromatic heterocycles. The van der Waals surface area contributed by atoms with E-state index in [1.165, 1.54) is 6.42 Å².